The van der Waals surface area contributed by atoms with E-state index in [4.69, 9.17) is 0 Å². The summed E-state index contributed by atoms with van der Waals surface area (Å²) >= 11 is 0. The first kappa shape index (κ1) is 47.4. The number of dihydropyridines is 1. The summed E-state index contributed by atoms with van der Waals surface area (Å²) in [6.45, 7) is 4.57. The van der Waals surface area contributed by atoms with Gasteiger partial charge in [-0.05, 0) is 24.0 Å². The molecule has 1 aliphatic rings. The maximum Gasteiger partial charge on any atom is 0.161 e. The van der Waals surface area contributed by atoms with Gasteiger partial charge in [-0.25, -0.2) is 0 Å². The highest BCUT2D eigenvalue weighted by Gasteiger charge is 2.29. The van der Waals surface area contributed by atoms with Gasteiger partial charge in [0.05, 0.1) is 11.4 Å². The monoisotopic (exact) mass is 766 g/mol. The summed E-state index contributed by atoms with van der Waals surface area (Å²) in [5.41, 5.74) is 5.32. The maximum absolute atomic E-state index is 14.0. The Morgan fingerprint density at radius 3 is 0.893 bits per heavy atom. The minimum Gasteiger partial charge on any atom is -0.354 e. The van der Waals surface area contributed by atoms with Gasteiger partial charge in [0.15, 0.2) is 11.6 Å². The van der Waals surface area contributed by atoms with Crippen LogP contribution in [-0.2, 0) is 9.59 Å². The third kappa shape index (κ3) is 20.5. The second-order valence-corrected chi connectivity index (χ2v) is 17.0. The largest absolute Gasteiger partial charge is 0.354 e. The molecule has 3 heteroatoms. The molecule has 0 aliphatic carbocycles. The molecule has 0 spiro atoms. The van der Waals surface area contributed by atoms with E-state index in [1.165, 1.54) is 167 Å². The zero-order valence-corrected chi connectivity index (χ0v) is 36.4. The lowest BCUT2D eigenvalue weighted by molar-refractivity contribution is -0.116. The maximum atomic E-state index is 14.0. The molecule has 312 valence electrons. The molecule has 1 aliphatic heterocycles. The van der Waals surface area contributed by atoms with Crippen LogP contribution in [-0.4, -0.2) is 11.6 Å². The number of allylic oxidation sites excluding steroid dienone is 2. The molecule has 2 aromatic rings. The molecule has 0 aromatic heterocycles. The van der Waals surface area contributed by atoms with Gasteiger partial charge in [0.2, 0.25) is 0 Å². The van der Waals surface area contributed by atoms with Crippen LogP contribution < -0.4 is 5.32 Å². The smallest absolute Gasteiger partial charge is 0.161 e. The topological polar surface area (TPSA) is 46.2 Å². The number of ketones is 2. The number of hydrogen-bond donors (Lipinski definition) is 1. The van der Waals surface area contributed by atoms with Gasteiger partial charge in [-0.3, -0.25) is 9.59 Å². The number of carbonyl (C=O) groups excluding carboxylic acids is 2. The molecule has 0 saturated carbocycles. The van der Waals surface area contributed by atoms with Crippen LogP contribution in [0.15, 0.2) is 71.8 Å². The summed E-state index contributed by atoms with van der Waals surface area (Å²) < 4.78 is 0. The molecule has 56 heavy (non-hydrogen) atoms. The van der Waals surface area contributed by atoms with Crippen molar-refractivity contribution in [1.29, 1.82) is 0 Å². The van der Waals surface area contributed by atoms with E-state index in [1.54, 1.807) is 0 Å². The quantitative estimate of drug-likeness (QED) is 0.0703. The first-order valence-corrected chi connectivity index (χ1v) is 24.1. The van der Waals surface area contributed by atoms with Crippen molar-refractivity contribution in [3.05, 3.63) is 82.9 Å². The van der Waals surface area contributed by atoms with Crippen molar-refractivity contribution in [3.63, 3.8) is 0 Å². The molecule has 1 heterocycles. The molecule has 3 nitrogen and oxygen atoms in total. The van der Waals surface area contributed by atoms with Crippen LogP contribution in [0.25, 0.3) is 11.4 Å². The van der Waals surface area contributed by atoms with E-state index in [0.717, 1.165) is 59.4 Å². The number of benzene rings is 2. The van der Waals surface area contributed by atoms with Gasteiger partial charge < -0.3 is 5.32 Å². The minimum absolute atomic E-state index is 0.190. The van der Waals surface area contributed by atoms with Crippen molar-refractivity contribution in [1.82, 2.24) is 5.32 Å². The minimum atomic E-state index is 0.190. The molecule has 0 amide bonds. The molecule has 0 fully saturated rings. The molecular weight excluding hydrogens is 683 g/mol. The second kappa shape index (κ2) is 32.1. The van der Waals surface area contributed by atoms with Crippen LogP contribution in [0, 0.1) is 0 Å². The van der Waals surface area contributed by atoms with E-state index in [0.29, 0.717) is 19.3 Å². The van der Waals surface area contributed by atoms with Crippen LogP contribution >= 0.6 is 0 Å². The lowest BCUT2D eigenvalue weighted by Crippen LogP contribution is -2.26. The summed E-state index contributed by atoms with van der Waals surface area (Å²) in [5, 5.41) is 3.67. The number of rotatable bonds is 36. The Bertz CT molecular complexity index is 1250. The predicted molar refractivity (Wildman–Crippen MR) is 244 cm³/mol. The summed E-state index contributed by atoms with van der Waals surface area (Å²) in [4.78, 5) is 28.0. The summed E-state index contributed by atoms with van der Waals surface area (Å²) in [5.74, 6) is 0.380. The Morgan fingerprint density at radius 2 is 0.625 bits per heavy atom. The van der Waals surface area contributed by atoms with Gasteiger partial charge in [0.1, 0.15) is 0 Å². The fourth-order valence-electron chi connectivity index (χ4n) is 8.42. The van der Waals surface area contributed by atoms with Gasteiger partial charge in [-0.15, -0.1) is 0 Å². The second-order valence-electron chi connectivity index (χ2n) is 17.0. The van der Waals surface area contributed by atoms with E-state index >= 15 is 0 Å². The van der Waals surface area contributed by atoms with E-state index < -0.39 is 0 Å². The zero-order valence-electron chi connectivity index (χ0n) is 36.4. The lowest BCUT2D eigenvalue weighted by atomic mass is 9.85. The van der Waals surface area contributed by atoms with E-state index in [2.05, 4.69) is 43.4 Å². The number of unbranched alkanes of at least 4 members (excludes halogenated alkanes) is 28. The summed E-state index contributed by atoms with van der Waals surface area (Å²) in [7, 11) is 0. The third-order valence-electron chi connectivity index (χ3n) is 12.0. The summed E-state index contributed by atoms with van der Waals surface area (Å²) in [6.07, 6.45) is 40.9. The lowest BCUT2D eigenvalue weighted by Gasteiger charge is -2.27. The van der Waals surface area contributed by atoms with Gasteiger partial charge in [-0.1, -0.05) is 254 Å². The average Bonchev–Trinajstić information content (AvgIpc) is 3.23. The zero-order chi connectivity index (χ0) is 39.7. The Hall–Kier alpha value is -2.94. The van der Waals surface area contributed by atoms with Crippen molar-refractivity contribution < 1.29 is 9.59 Å². The van der Waals surface area contributed by atoms with Crippen LogP contribution in [0.1, 0.15) is 237 Å². The predicted octanol–water partition coefficient (Wildman–Crippen LogP) is 16.5. The number of hydrogen-bond acceptors (Lipinski definition) is 3. The molecular formula is C53H83NO2. The molecule has 0 saturated heterocycles. The molecule has 0 atom stereocenters. The van der Waals surface area contributed by atoms with Crippen molar-refractivity contribution in [2.24, 2.45) is 0 Å². The van der Waals surface area contributed by atoms with Crippen LogP contribution in [0.4, 0.5) is 0 Å². The number of carbonyl (C=O) groups is 2. The van der Waals surface area contributed by atoms with Crippen LogP contribution in [0.3, 0.4) is 0 Å². The molecule has 1 N–H and O–H groups in total. The number of nitrogens with one attached hydrogen (secondary N) is 1. The van der Waals surface area contributed by atoms with Crippen molar-refractivity contribution in [2.45, 2.75) is 226 Å². The van der Waals surface area contributed by atoms with Gasteiger partial charge in [0.25, 0.3) is 0 Å². The summed E-state index contributed by atoms with van der Waals surface area (Å²) in [6, 6.07) is 20.5. The Balaban J connectivity index is 1.44. The Kier molecular flexibility index (Phi) is 27.2. The van der Waals surface area contributed by atoms with Crippen LogP contribution in [0.5, 0.6) is 0 Å². The van der Waals surface area contributed by atoms with E-state index in [9.17, 15) is 9.59 Å². The van der Waals surface area contributed by atoms with Crippen molar-refractivity contribution >= 4 is 23.0 Å². The molecule has 0 unspecified atom stereocenters. The Morgan fingerprint density at radius 1 is 0.375 bits per heavy atom. The Labute approximate surface area is 345 Å². The average molecular weight is 766 g/mol. The highest BCUT2D eigenvalue weighted by molar-refractivity contribution is 6.11. The SMILES string of the molecule is CCCCCCCCCCCCCCCCCC(=O)C1=C(c2ccccc2)NC(c2ccccc2)=C(C(=O)CCCCCCCCCCCCCCCCC)C1. The normalized spacial score (nSPS) is 13.0. The van der Waals surface area contributed by atoms with E-state index in [-0.39, 0.29) is 11.6 Å². The standard InChI is InChI=1S/C53H83NO2/c1-3-5-7-9-11-13-15-17-19-21-23-25-27-29-37-43-50(55)48-45-49(53(47-41-35-32-36-42-47)54-52(48)46-39-33-31-34-40-46)51(56)44-38-30-28-26-24-22-20-18-16-14-12-10-8-6-4-2/h31-36,39-42,54H,3-30,37-38,43-45H2,1-2H3. The molecule has 0 bridgehead atoms. The van der Waals surface area contributed by atoms with Crippen molar-refractivity contribution in [3.8, 4) is 0 Å². The molecule has 0 radical (unpaired) electrons. The molecule has 2 aromatic carbocycles. The van der Waals surface area contributed by atoms with Gasteiger partial charge in [0, 0.05) is 30.4 Å². The first-order chi connectivity index (χ1) is 27.7. The fraction of sp³-hybridized carbons (Fsp3) is 0.660. The third-order valence-corrected chi connectivity index (χ3v) is 12.0. The highest BCUT2D eigenvalue weighted by Crippen LogP contribution is 2.35. The molecule has 3 rings (SSSR count). The van der Waals surface area contributed by atoms with Gasteiger partial charge >= 0.3 is 0 Å². The fourth-order valence-corrected chi connectivity index (χ4v) is 8.42. The highest BCUT2D eigenvalue weighted by atomic mass is 16.1. The number of Topliss-reactive ketones (excluding diaryl/α,β-unsaturated/α-hetero) is 2. The van der Waals surface area contributed by atoms with Gasteiger partial charge in [-0.2, -0.15) is 0 Å². The first-order valence-electron chi connectivity index (χ1n) is 24.1. The van der Waals surface area contributed by atoms with E-state index in [1.807, 2.05) is 36.4 Å². The van der Waals surface area contributed by atoms with Crippen LogP contribution in [0.2, 0.25) is 0 Å². The van der Waals surface area contributed by atoms with Crippen molar-refractivity contribution in [2.75, 3.05) is 0 Å².